The molecule has 0 bridgehead atoms. The molecule has 4 aromatic rings. The van der Waals surface area contributed by atoms with Crippen LogP contribution in [0.5, 0.6) is 0 Å². The summed E-state index contributed by atoms with van der Waals surface area (Å²) in [6.45, 7) is 7.30. The molecule has 1 saturated heterocycles. The lowest BCUT2D eigenvalue weighted by Gasteiger charge is -2.30. The molecule has 1 aliphatic rings. The number of halogens is 2. The van der Waals surface area contributed by atoms with E-state index in [1.54, 1.807) is 19.2 Å². The third-order valence-corrected chi connectivity index (χ3v) is 6.89. The molecular weight excluding hydrogens is 502 g/mol. The number of nitriles is 1. The molecule has 3 aromatic heterocycles. The lowest BCUT2D eigenvalue weighted by molar-refractivity contribution is 0.0520. The van der Waals surface area contributed by atoms with Crippen molar-refractivity contribution in [2.45, 2.75) is 39.5 Å². The summed E-state index contributed by atoms with van der Waals surface area (Å²) in [4.78, 5) is 24.2. The van der Waals surface area contributed by atoms with Gasteiger partial charge in [0.15, 0.2) is 17.2 Å². The van der Waals surface area contributed by atoms with Crippen LogP contribution in [0.1, 0.15) is 55.7 Å². The highest BCUT2D eigenvalue weighted by atomic mass is 19.1. The molecule has 0 radical (unpaired) electrons. The van der Waals surface area contributed by atoms with Crippen molar-refractivity contribution in [1.82, 2.24) is 19.7 Å². The molecule has 1 aliphatic heterocycles. The Kier molecular flexibility index (Phi) is 7.24. The summed E-state index contributed by atoms with van der Waals surface area (Å²) in [7, 11) is 0. The summed E-state index contributed by atoms with van der Waals surface area (Å²) in [5.41, 5.74) is 2.34. The molecule has 200 valence electrons. The van der Waals surface area contributed by atoms with Crippen molar-refractivity contribution in [2.24, 2.45) is 5.92 Å². The zero-order chi connectivity index (χ0) is 27.7. The van der Waals surface area contributed by atoms with E-state index in [4.69, 9.17) is 4.74 Å². The van der Waals surface area contributed by atoms with Crippen molar-refractivity contribution < 1.29 is 18.3 Å². The number of ether oxygens (including phenoxy) is 1. The second-order valence-electron chi connectivity index (χ2n) is 9.82. The Labute approximate surface area is 224 Å². The zero-order valence-corrected chi connectivity index (χ0v) is 22.0. The first-order valence-electron chi connectivity index (χ1n) is 13.0. The predicted molar refractivity (Wildman–Crippen MR) is 143 cm³/mol. The summed E-state index contributed by atoms with van der Waals surface area (Å²) in [6.07, 6.45) is 3.32. The summed E-state index contributed by atoms with van der Waals surface area (Å²) in [5, 5.41) is 14.5. The minimum Gasteiger partial charge on any atom is -0.461 e. The molecule has 1 aromatic carbocycles. The number of fused-ring (bicyclic) bond motifs is 1. The maximum Gasteiger partial charge on any atom is 0.357 e. The molecule has 0 aliphatic carbocycles. The molecule has 0 saturated carbocycles. The Bertz CT molecular complexity index is 1570. The van der Waals surface area contributed by atoms with Crippen LogP contribution in [0.3, 0.4) is 0 Å². The molecule has 5 rings (SSSR count). The van der Waals surface area contributed by atoms with E-state index in [9.17, 15) is 18.8 Å². The smallest absolute Gasteiger partial charge is 0.357 e. The van der Waals surface area contributed by atoms with Crippen LogP contribution in [-0.2, 0) is 4.74 Å². The molecule has 10 heteroatoms. The van der Waals surface area contributed by atoms with Gasteiger partial charge in [-0.25, -0.2) is 28.2 Å². The van der Waals surface area contributed by atoms with Crippen molar-refractivity contribution in [2.75, 3.05) is 24.6 Å². The number of carbonyl (C=O) groups excluding carboxylic acids is 1. The molecule has 4 heterocycles. The van der Waals surface area contributed by atoms with Crippen LogP contribution in [0.15, 0.2) is 42.6 Å². The van der Waals surface area contributed by atoms with E-state index in [-0.39, 0.29) is 35.5 Å². The second-order valence-corrected chi connectivity index (χ2v) is 9.82. The van der Waals surface area contributed by atoms with Gasteiger partial charge in [0.2, 0.25) is 0 Å². The largest absolute Gasteiger partial charge is 0.461 e. The maximum absolute atomic E-state index is 14.9. The topological polar surface area (TPSA) is 96.9 Å². The quantitative estimate of drug-likeness (QED) is 0.291. The minimum absolute atomic E-state index is 0.0157. The minimum atomic E-state index is -0.800. The molecule has 0 N–H and O–H groups in total. The summed E-state index contributed by atoms with van der Waals surface area (Å²) in [5.74, 6) is -1.32. The number of esters is 1. The third kappa shape index (κ3) is 5.04. The van der Waals surface area contributed by atoms with Gasteiger partial charge in [-0.15, -0.1) is 0 Å². The van der Waals surface area contributed by atoms with Crippen LogP contribution < -0.4 is 4.90 Å². The first-order chi connectivity index (χ1) is 18.8. The van der Waals surface area contributed by atoms with E-state index >= 15 is 0 Å². The standard InChI is InChI=1S/C29H28F2N6O2/c1-4-39-29(38)23-14-21(19-5-8-25(33-16-19)36-11-9-18(15-32)10-12-36)26-27(17(2)3)35-37(28(26)34-23)24-7-6-20(30)13-22(24)31/h5-8,13-14,16-18H,4,9-12H2,1-3H3. The van der Waals surface area contributed by atoms with E-state index in [1.165, 1.54) is 10.7 Å². The Morgan fingerprint density at radius 2 is 1.95 bits per heavy atom. The van der Waals surface area contributed by atoms with Crippen molar-refractivity contribution in [3.8, 4) is 22.9 Å². The average Bonchev–Trinajstić information content (AvgIpc) is 3.33. The molecule has 39 heavy (non-hydrogen) atoms. The van der Waals surface area contributed by atoms with Gasteiger partial charge in [-0.3, -0.25) is 0 Å². The van der Waals surface area contributed by atoms with Gasteiger partial charge in [-0.1, -0.05) is 13.8 Å². The van der Waals surface area contributed by atoms with Gasteiger partial charge in [-0.2, -0.15) is 10.4 Å². The summed E-state index contributed by atoms with van der Waals surface area (Å²) >= 11 is 0. The Morgan fingerprint density at radius 1 is 1.18 bits per heavy atom. The van der Waals surface area contributed by atoms with Crippen LogP contribution in [-0.4, -0.2) is 45.4 Å². The van der Waals surface area contributed by atoms with Gasteiger partial charge in [0.1, 0.15) is 17.3 Å². The van der Waals surface area contributed by atoms with E-state index < -0.39 is 17.6 Å². The molecule has 0 amide bonds. The van der Waals surface area contributed by atoms with E-state index in [2.05, 4.69) is 26.0 Å². The van der Waals surface area contributed by atoms with Crippen molar-refractivity contribution in [1.29, 1.82) is 5.26 Å². The van der Waals surface area contributed by atoms with Crippen LogP contribution in [0.4, 0.5) is 14.6 Å². The highest BCUT2D eigenvalue weighted by molar-refractivity contribution is 6.00. The maximum atomic E-state index is 14.9. The van der Waals surface area contributed by atoms with Crippen molar-refractivity contribution in [3.05, 3.63) is 65.6 Å². The lowest BCUT2D eigenvalue weighted by atomic mass is 9.97. The first kappa shape index (κ1) is 26.2. The molecule has 8 nitrogen and oxygen atoms in total. The van der Waals surface area contributed by atoms with Gasteiger partial charge >= 0.3 is 5.97 Å². The van der Waals surface area contributed by atoms with Crippen LogP contribution in [0, 0.1) is 28.9 Å². The lowest BCUT2D eigenvalue weighted by Crippen LogP contribution is -2.33. The van der Waals surface area contributed by atoms with Crippen molar-refractivity contribution >= 4 is 22.8 Å². The number of rotatable bonds is 6. The van der Waals surface area contributed by atoms with E-state index in [1.807, 2.05) is 26.0 Å². The van der Waals surface area contributed by atoms with Gasteiger partial charge < -0.3 is 9.64 Å². The number of piperidine rings is 1. The number of hydrogen-bond donors (Lipinski definition) is 0. The van der Waals surface area contributed by atoms with Gasteiger partial charge in [-0.05, 0) is 61.6 Å². The molecule has 1 fully saturated rings. The van der Waals surface area contributed by atoms with Crippen molar-refractivity contribution in [3.63, 3.8) is 0 Å². The van der Waals surface area contributed by atoms with Gasteiger partial charge in [0.05, 0.1) is 23.8 Å². The van der Waals surface area contributed by atoms with Crippen LogP contribution >= 0.6 is 0 Å². The number of pyridine rings is 2. The number of aromatic nitrogens is 4. The summed E-state index contributed by atoms with van der Waals surface area (Å²) < 4.78 is 35.1. The van der Waals surface area contributed by atoms with E-state index in [0.717, 1.165) is 49.4 Å². The van der Waals surface area contributed by atoms with Gasteiger partial charge in [0, 0.05) is 36.8 Å². The Morgan fingerprint density at radius 3 is 2.56 bits per heavy atom. The van der Waals surface area contributed by atoms with Crippen LogP contribution in [0.25, 0.3) is 27.8 Å². The second kappa shape index (κ2) is 10.8. The molecule has 0 atom stereocenters. The number of anilines is 1. The number of nitrogens with zero attached hydrogens (tertiary/aromatic N) is 6. The fourth-order valence-corrected chi connectivity index (χ4v) is 4.88. The predicted octanol–water partition coefficient (Wildman–Crippen LogP) is 5.80. The normalized spacial score (nSPS) is 14.1. The Balaban J connectivity index is 1.67. The fourth-order valence-electron chi connectivity index (χ4n) is 4.88. The molecule has 0 spiro atoms. The number of hydrogen-bond acceptors (Lipinski definition) is 7. The highest BCUT2D eigenvalue weighted by Gasteiger charge is 2.25. The molecular formula is C29H28F2N6O2. The zero-order valence-electron chi connectivity index (χ0n) is 22.0. The fraction of sp³-hybridized carbons (Fsp3) is 0.345. The monoisotopic (exact) mass is 530 g/mol. The average molecular weight is 531 g/mol. The SMILES string of the molecule is CCOC(=O)c1cc(-c2ccc(N3CCC(C#N)CC3)nc2)c2c(C(C)C)nn(-c3ccc(F)cc3F)c2n1. The van der Waals surface area contributed by atoms with Crippen LogP contribution in [0.2, 0.25) is 0 Å². The number of benzene rings is 1. The van der Waals surface area contributed by atoms with E-state index in [0.29, 0.717) is 16.6 Å². The summed E-state index contributed by atoms with van der Waals surface area (Å²) in [6, 6.07) is 11.1. The first-order valence-corrected chi connectivity index (χ1v) is 13.0. The number of carbonyl (C=O) groups is 1. The Hall–Kier alpha value is -4.39. The third-order valence-electron chi connectivity index (χ3n) is 6.89. The molecule has 0 unspecified atom stereocenters. The van der Waals surface area contributed by atoms with Gasteiger partial charge in [0.25, 0.3) is 0 Å². The highest BCUT2D eigenvalue weighted by Crippen LogP contribution is 2.36.